The molecule has 0 atom stereocenters. The Morgan fingerprint density at radius 2 is 2.55 bits per heavy atom. The summed E-state index contributed by atoms with van der Waals surface area (Å²) in [6.07, 6.45) is 2.59. The molecule has 3 heteroatoms. The fourth-order valence-corrected chi connectivity index (χ4v) is 1.31. The zero-order chi connectivity index (χ0) is 7.68. The van der Waals surface area contributed by atoms with Crippen molar-refractivity contribution in [2.45, 2.75) is 6.42 Å². The van der Waals surface area contributed by atoms with Gasteiger partial charge in [-0.15, -0.1) is 0 Å². The van der Waals surface area contributed by atoms with E-state index in [4.69, 9.17) is 5.26 Å². The van der Waals surface area contributed by atoms with Crippen LogP contribution in [0.2, 0.25) is 0 Å². The van der Waals surface area contributed by atoms with Gasteiger partial charge in [0.15, 0.2) is 0 Å². The molecule has 1 N–H and O–H groups in total. The van der Waals surface area contributed by atoms with Crippen molar-refractivity contribution in [3.63, 3.8) is 0 Å². The number of rotatable bonds is 0. The highest BCUT2D eigenvalue weighted by atomic mass is 15.0. The molecule has 0 aromatic carbocycles. The summed E-state index contributed by atoms with van der Waals surface area (Å²) in [7, 11) is 0. The van der Waals surface area contributed by atoms with Crippen LogP contribution in [-0.2, 0) is 6.42 Å². The van der Waals surface area contributed by atoms with Crippen LogP contribution >= 0.6 is 0 Å². The Morgan fingerprint density at radius 3 is 3.36 bits per heavy atom. The van der Waals surface area contributed by atoms with Crippen molar-refractivity contribution in [1.82, 2.24) is 4.98 Å². The van der Waals surface area contributed by atoms with E-state index in [0.29, 0.717) is 0 Å². The molecular weight excluding hydrogens is 138 g/mol. The molecule has 0 saturated carbocycles. The second kappa shape index (κ2) is 2.24. The van der Waals surface area contributed by atoms with Gasteiger partial charge in [-0.3, -0.25) is 0 Å². The van der Waals surface area contributed by atoms with Gasteiger partial charge in [-0.05, 0) is 12.5 Å². The Labute approximate surface area is 64.7 Å². The third-order valence-electron chi connectivity index (χ3n) is 1.84. The average Bonchev–Trinajstić information content (AvgIpc) is 2.50. The van der Waals surface area contributed by atoms with Crippen LogP contribution in [0, 0.1) is 11.3 Å². The Balaban J connectivity index is 2.61. The molecule has 0 aliphatic carbocycles. The van der Waals surface area contributed by atoms with Crippen molar-refractivity contribution in [3.05, 3.63) is 23.4 Å². The Bertz CT molecular complexity index is 325. The second-order valence-electron chi connectivity index (χ2n) is 2.47. The average molecular weight is 145 g/mol. The predicted octanol–water partition coefficient (Wildman–Crippen LogP) is 0.921. The molecule has 1 aliphatic heterocycles. The van der Waals surface area contributed by atoms with E-state index in [1.807, 2.05) is 0 Å². The van der Waals surface area contributed by atoms with Crippen molar-refractivity contribution >= 4 is 5.82 Å². The van der Waals surface area contributed by atoms with Gasteiger partial charge in [-0.25, -0.2) is 4.98 Å². The van der Waals surface area contributed by atoms with Crippen LogP contribution < -0.4 is 5.32 Å². The summed E-state index contributed by atoms with van der Waals surface area (Å²) in [5.74, 6) is 0.879. The van der Waals surface area contributed by atoms with Crippen molar-refractivity contribution in [3.8, 4) is 6.07 Å². The lowest BCUT2D eigenvalue weighted by Gasteiger charge is -1.97. The van der Waals surface area contributed by atoms with Crippen molar-refractivity contribution in [1.29, 1.82) is 5.26 Å². The van der Waals surface area contributed by atoms with Gasteiger partial charge in [0.2, 0.25) is 0 Å². The number of aromatic nitrogens is 1. The third kappa shape index (κ3) is 0.838. The number of fused-ring (bicyclic) bond motifs is 1. The first kappa shape index (κ1) is 6.17. The van der Waals surface area contributed by atoms with E-state index in [-0.39, 0.29) is 0 Å². The monoisotopic (exact) mass is 145 g/mol. The lowest BCUT2D eigenvalue weighted by atomic mass is 10.1. The van der Waals surface area contributed by atoms with Crippen LogP contribution in [0.3, 0.4) is 0 Å². The molecule has 1 aliphatic rings. The topological polar surface area (TPSA) is 48.7 Å². The molecule has 3 nitrogen and oxygen atoms in total. The summed E-state index contributed by atoms with van der Waals surface area (Å²) < 4.78 is 0. The van der Waals surface area contributed by atoms with E-state index in [2.05, 4.69) is 16.4 Å². The first-order valence-corrected chi connectivity index (χ1v) is 3.53. The Morgan fingerprint density at radius 1 is 1.64 bits per heavy atom. The maximum Gasteiger partial charge on any atom is 0.130 e. The quantitative estimate of drug-likeness (QED) is 0.590. The molecule has 0 radical (unpaired) electrons. The number of hydrogen-bond acceptors (Lipinski definition) is 3. The predicted molar refractivity (Wildman–Crippen MR) is 41.1 cm³/mol. The summed E-state index contributed by atoms with van der Waals surface area (Å²) in [5.41, 5.74) is 1.81. The van der Waals surface area contributed by atoms with E-state index in [0.717, 1.165) is 29.9 Å². The lowest BCUT2D eigenvalue weighted by Crippen LogP contribution is -1.92. The van der Waals surface area contributed by atoms with Crippen LogP contribution in [0.25, 0.3) is 0 Å². The molecule has 0 amide bonds. The number of nitrogens with one attached hydrogen (secondary N) is 1. The van der Waals surface area contributed by atoms with Crippen molar-refractivity contribution in [2.24, 2.45) is 0 Å². The highest BCUT2D eigenvalue weighted by Crippen LogP contribution is 2.21. The number of pyridine rings is 1. The van der Waals surface area contributed by atoms with Crippen LogP contribution in [0.4, 0.5) is 5.82 Å². The van der Waals surface area contributed by atoms with Gasteiger partial charge in [-0.1, -0.05) is 0 Å². The molecule has 2 heterocycles. The minimum Gasteiger partial charge on any atom is -0.369 e. The summed E-state index contributed by atoms with van der Waals surface area (Å²) in [5, 5.41) is 11.8. The van der Waals surface area contributed by atoms with E-state index in [9.17, 15) is 0 Å². The summed E-state index contributed by atoms with van der Waals surface area (Å²) in [6.45, 7) is 0.904. The maximum absolute atomic E-state index is 8.70. The van der Waals surface area contributed by atoms with E-state index < -0.39 is 0 Å². The highest BCUT2D eigenvalue weighted by molar-refractivity contribution is 5.56. The summed E-state index contributed by atoms with van der Waals surface area (Å²) in [4.78, 5) is 4.11. The molecule has 1 aromatic rings. The van der Waals surface area contributed by atoms with E-state index in [1.165, 1.54) is 0 Å². The molecule has 2 rings (SSSR count). The fraction of sp³-hybridized carbons (Fsp3) is 0.250. The molecule has 0 spiro atoms. The van der Waals surface area contributed by atoms with E-state index >= 15 is 0 Å². The first-order valence-electron chi connectivity index (χ1n) is 3.53. The van der Waals surface area contributed by atoms with Crippen LogP contribution in [0.5, 0.6) is 0 Å². The largest absolute Gasteiger partial charge is 0.369 e. The van der Waals surface area contributed by atoms with Crippen LogP contribution in [0.15, 0.2) is 12.3 Å². The standard InChI is InChI=1S/C8H7N3/c9-5-6-1-3-10-8-7(6)2-4-11-8/h1,3H,2,4H2,(H,10,11). The van der Waals surface area contributed by atoms with Gasteiger partial charge in [0.1, 0.15) is 5.82 Å². The normalized spacial score (nSPS) is 13.4. The van der Waals surface area contributed by atoms with E-state index in [1.54, 1.807) is 12.3 Å². The second-order valence-corrected chi connectivity index (χ2v) is 2.47. The summed E-state index contributed by atoms with van der Waals surface area (Å²) >= 11 is 0. The van der Waals surface area contributed by atoms with Gasteiger partial charge < -0.3 is 5.32 Å². The molecule has 11 heavy (non-hydrogen) atoms. The molecular formula is C8H7N3. The van der Waals surface area contributed by atoms with Crippen molar-refractivity contribution in [2.75, 3.05) is 11.9 Å². The first-order chi connectivity index (χ1) is 5.42. The Kier molecular flexibility index (Phi) is 1.26. The Hall–Kier alpha value is -1.56. The fourth-order valence-electron chi connectivity index (χ4n) is 1.31. The van der Waals surface area contributed by atoms with Crippen LogP contribution in [-0.4, -0.2) is 11.5 Å². The maximum atomic E-state index is 8.70. The minimum absolute atomic E-state index is 0.750. The number of nitrogens with zero attached hydrogens (tertiary/aromatic N) is 2. The highest BCUT2D eigenvalue weighted by Gasteiger charge is 2.13. The zero-order valence-electron chi connectivity index (χ0n) is 5.96. The number of nitriles is 1. The molecule has 1 aromatic heterocycles. The van der Waals surface area contributed by atoms with Gasteiger partial charge >= 0.3 is 0 Å². The number of hydrogen-bond donors (Lipinski definition) is 1. The molecule has 0 fully saturated rings. The van der Waals surface area contributed by atoms with Gasteiger partial charge in [0.05, 0.1) is 11.6 Å². The lowest BCUT2D eigenvalue weighted by molar-refractivity contribution is 1.10. The smallest absolute Gasteiger partial charge is 0.130 e. The van der Waals surface area contributed by atoms with Crippen molar-refractivity contribution < 1.29 is 0 Å². The van der Waals surface area contributed by atoms with Crippen LogP contribution in [0.1, 0.15) is 11.1 Å². The molecule has 0 unspecified atom stereocenters. The summed E-state index contributed by atoms with van der Waals surface area (Å²) in [6, 6.07) is 3.90. The zero-order valence-corrected chi connectivity index (χ0v) is 5.96. The molecule has 0 saturated heterocycles. The minimum atomic E-state index is 0.750. The van der Waals surface area contributed by atoms with Gasteiger partial charge in [0.25, 0.3) is 0 Å². The number of anilines is 1. The SMILES string of the molecule is N#Cc1ccnc2c1CCN2. The van der Waals surface area contributed by atoms with Gasteiger partial charge in [0, 0.05) is 18.3 Å². The third-order valence-corrected chi connectivity index (χ3v) is 1.84. The van der Waals surface area contributed by atoms with Gasteiger partial charge in [-0.2, -0.15) is 5.26 Å². The molecule has 0 bridgehead atoms. The molecule has 54 valence electrons.